The highest BCUT2D eigenvalue weighted by molar-refractivity contribution is 7.12. The van der Waals surface area contributed by atoms with Gasteiger partial charge in [0.1, 0.15) is 6.04 Å². The predicted octanol–water partition coefficient (Wildman–Crippen LogP) is 4.16. The minimum absolute atomic E-state index is 0.0270. The number of hydrogen-bond donors (Lipinski definition) is 2. The number of benzene rings is 2. The summed E-state index contributed by atoms with van der Waals surface area (Å²) in [5, 5.41) is 7.52. The van der Waals surface area contributed by atoms with E-state index in [0.717, 1.165) is 24.0 Å². The third kappa shape index (κ3) is 6.38. The van der Waals surface area contributed by atoms with Crippen LogP contribution in [0.5, 0.6) is 0 Å². The molecular formula is C28H31N3O4S. The van der Waals surface area contributed by atoms with E-state index < -0.39 is 6.04 Å². The molecule has 0 saturated carbocycles. The molecular weight excluding hydrogens is 474 g/mol. The van der Waals surface area contributed by atoms with Gasteiger partial charge in [0.25, 0.3) is 5.91 Å². The molecule has 3 aromatic rings. The summed E-state index contributed by atoms with van der Waals surface area (Å²) in [6.07, 6.45) is 1.84. The molecule has 36 heavy (non-hydrogen) atoms. The van der Waals surface area contributed by atoms with E-state index in [2.05, 4.69) is 10.6 Å². The summed E-state index contributed by atoms with van der Waals surface area (Å²) in [5.41, 5.74) is 3.22. The summed E-state index contributed by atoms with van der Waals surface area (Å²) in [4.78, 5) is 42.0. The quantitative estimate of drug-likeness (QED) is 0.457. The van der Waals surface area contributed by atoms with Crippen LogP contribution in [-0.2, 0) is 14.3 Å². The zero-order valence-corrected chi connectivity index (χ0v) is 21.3. The van der Waals surface area contributed by atoms with Gasteiger partial charge in [-0.15, -0.1) is 11.3 Å². The Labute approximate surface area is 215 Å². The largest absolute Gasteiger partial charge is 0.376 e. The second kappa shape index (κ2) is 12.0. The van der Waals surface area contributed by atoms with Gasteiger partial charge in [-0.05, 0) is 67.0 Å². The van der Waals surface area contributed by atoms with Crippen LogP contribution >= 0.6 is 11.3 Å². The predicted molar refractivity (Wildman–Crippen MR) is 141 cm³/mol. The Morgan fingerprint density at radius 1 is 1.03 bits per heavy atom. The van der Waals surface area contributed by atoms with E-state index in [1.807, 2.05) is 67.8 Å². The Kier molecular flexibility index (Phi) is 8.51. The van der Waals surface area contributed by atoms with Crippen LogP contribution in [0.1, 0.15) is 45.2 Å². The van der Waals surface area contributed by atoms with Gasteiger partial charge in [0.15, 0.2) is 0 Å². The molecule has 0 unspecified atom stereocenters. The normalized spacial score (nSPS) is 15.8. The molecule has 2 heterocycles. The Balaban J connectivity index is 1.66. The number of rotatable bonds is 9. The van der Waals surface area contributed by atoms with Crippen molar-refractivity contribution in [2.24, 2.45) is 0 Å². The highest BCUT2D eigenvalue weighted by atomic mass is 32.1. The fourth-order valence-corrected chi connectivity index (χ4v) is 5.07. The average Bonchev–Trinajstić information content (AvgIpc) is 3.59. The Morgan fingerprint density at radius 3 is 2.42 bits per heavy atom. The van der Waals surface area contributed by atoms with Crippen molar-refractivity contribution >= 4 is 34.7 Å². The molecule has 3 amide bonds. The minimum Gasteiger partial charge on any atom is -0.376 e. The van der Waals surface area contributed by atoms with Gasteiger partial charge in [-0.3, -0.25) is 19.3 Å². The van der Waals surface area contributed by atoms with Crippen molar-refractivity contribution in [3.8, 4) is 0 Å². The molecule has 8 heteroatoms. The van der Waals surface area contributed by atoms with Gasteiger partial charge in [-0.25, -0.2) is 0 Å². The number of nitrogens with zero attached hydrogens (tertiary/aromatic N) is 1. The van der Waals surface area contributed by atoms with E-state index in [0.29, 0.717) is 29.3 Å². The molecule has 1 saturated heterocycles. The summed E-state index contributed by atoms with van der Waals surface area (Å²) >= 11 is 1.31. The van der Waals surface area contributed by atoms with Gasteiger partial charge in [0, 0.05) is 18.8 Å². The zero-order valence-electron chi connectivity index (χ0n) is 20.5. The van der Waals surface area contributed by atoms with Crippen molar-refractivity contribution in [1.29, 1.82) is 0 Å². The van der Waals surface area contributed by atoms with Crippen molar-refractivity contribution in [2.75, 3.05) is 24.6 Å². The number of thiophene rings is 1. The zero-order chi connectivity index (χ0) is 25.5. The fraction of sp³-hybridized carbons (Fsp3) is 0.321. The van der Waals surface area contributed by atoms with Crippen molar-refractivity contribution in [3.63, 3.8) is 0 Å². The summed E-state index contributed by atoms with van der Waals surface area (Å²) in [7, 11) is 0. The molecule has 2 atom stereocenters. The molecule has 0 bridgehead atoms. The summed E-state index contributed by atoms with van der Waals surface area (Å²) in [6.45, 7) is 4.73. The van der Waals surface area contributed by atoms with Gasteiger partial charge in [-0.2, -0.15) is 0 Å². The highest BCUT2D eigenvalue weighted by Crippen LogP contribution is 2.30. The van der Waals surface area contributed by atoms with Crippen LogP contribution in [0.2, 0.25) is 0 Å². The number of carbonyl (C=O) groups excluding carboxylic acids is 3. The molecule has 2 aromatic carbocycles. The monoisotopic (exact) mass is 505 g/mol. The number of amides is 3. The Hall–Kier alpha value is -3.49. The second-order valence-corrected chi connectivity index (χ2v) is 9.91. The molecule has 0 aliphatic carbocycles. The molecule has 4 rings (SSSR count). The standard InChI is InChI=1S/C28H31N3O4S/c1-19-14-20(2)16-22(15-19)31(25(32)18-30-27(33)24-11-7-13-36-24)26(21-8-4-3-5-9-21)28(34)29-17-23-10-6-12-35-23/h3-5,7-9,11,13-16,23,26H,6,10,12,17-18H2,1-2H3,(H,29,34)(H,30,33)/t23-,26-/m0/s1. The molecule has 188 valence electrons. The number of nitrogens with one attached hydrogen (secondary N) is 2. The lowest BCUT2D eigenvalue weighted by Gasteiger charge is -2.32. The number of anilines is 1. The van der Waals surface area contributed by atoms with E-state index in [1.165, 1.54) is 16.2 Å². The van der Waals surface area contributed by atoms with E-state index in [9.17, 15) is 14.4 Å². The number of carbonyl (C=O) groups is 3. The van der Waals surface area contributed by atoms with E-state index >= 15 is 0 Å². The number of aryl methyl sites for hydroxylation is 2. The van der Waals surface area contributed by atoms with Crippen molar-refractivity contribution < 1.29 is 19.1 Å². The topological polar surface area (TPSA) is 87.7 Å². The molecule has 0 spiro atoms. The van der Waals surface area contributed by atoms with Crippen LogP contribution < -0.4 is 15.5 Å². The number of ether oxygens (including phenoxy) is 1. The van der Waals surface area contributed by atoms with Crippen molar-refractivity contribution in [1.82, 2.24) is 10.6 Å². The first-order chi connectivity index (χ1) is 17.4. The van der Waals surface area contributed by atoms with Gasteiger partial charge in [0.2, 0.25) is 11.8 Å². The molecule has 1 aliphatic rings. The van der Waals surface area contributed by atoms with Gasteiger partial charge in [-0.1, -0.05) is 42.5 Å². The molecule has 1 aliphatic heterocycles. The first-order valence-electron chi connectivity index (χ1n) is 12.1. The molecule has 7 nitrogen and oxygen atoms in total. The first-order valence-corrected chi connectivity index (χ1v) is 13.0. The molecule has 1 fully saturated rings. The third-order valence-corrected chi connectivity index (χ3v) is 6.92. The van der Waals surface area contributed by atoms with Gasteiger partial charge >= 0.3 is 0 Å². The van der Waals surface area contributed by atoms with E-state index in [1.54, 1.807) is 12.1 Å². The van der Waals surface area contributed by atoms with E-state index in [-0.39, 0.29) is 30.4 Å². The molecule has 2 N–H and O–H groups in total. The lowest BCUT2D eigenvalue weighted by molar-refractivity contribution is -0.126. The SMILES string of the molecule is Cc1cc(C)cc(N(C(=O)CNC(=O)c2cccs2)[C@H](C(=O)NC[C@@H]2CCCO2)c2ccccc2)c1. The Bertz CT molecular complexity index is 1170. The second-order valence-electron chi connectivity index (χ2n) is 8.96. The molecule has 0 radical (unpaired) electrons. The lowest BCUT2D eigenvalue weighted by Crippen LogP contribution is -2.48. The first kappa shape index (κ1) is 25.6. The van der Waals surface area contributed by atoms with Crippen LogP contribution in [0.25, 0.3) is 0 Å². The smallest absolute Gasteiger partial charge is 0.261 e. The summed E-state index contributed by atoms with van der Waals surface area (Å²) in [5.74, 6) is -1.00. The third-order valence-electron chi connectivity index (χ3n) is 6.05. The fourth-order valence-electron chi connectivity index (χ4n) is 4.43. The summed E-state index contributed by atoms with van der Waals surface area (Å²) in [6, 6.07) is 17.6. The van der Waals surface area contributed by atoms with Crippen LogP contribution in [0.3, 0.4) is 0 Å². The highest BCUT2D eigenvalue weighted by Gasteiger charge is 2.33. The lowest BCUT2D eigenvalue weighted by atomic mass is 10.0. The summed E-state index contributed by atoms with van der Waals surface area (Å²) < 4.78 is 5.67. The van der Waals surface area contributed by atoms with Gasteiger partial charge in [0.05, 0.1) is 17.5 Å². The number of hydrogen-bond acceptors (Lipinski definition) is 5. The van der Waals surface area contributed by atoms with Crippen LogP contribution in [0, 0.1) is 13.8 Å². The van der Waals surface area contributed by atoms with Crippen molar-refractivity contribution in [2.45, 2.75) is 38.8 Å². The average molecular weight is 506 g/mol. The maximum atomic E-state index is 13.7. The van der Waals surface area contributed by atoms with Crippen LogP contribution in [0.15, 0.2) is 66.0 Å². The maximum Gasteiger partial charge on any atom is 0.261 e. The van der Waals surface area contributed by atoms with Crippen molar-refractivity contribution in [3.05, 3.63) is 87.6 Å². The molecule has 1 aromatic heterocycles. The minimum atomic E-state index is -0.917. The maximum absolute atomic E-state index is 13.7. The van der Waals surface area contributed by atoms with Gasteiger partial charge < -0.3 is 15.4 Å². The Morgan fingerprint density at radius 2 is 1.78 bits per heavy atom. The van der Waals surface area contributed by atoms with Crippen LogP contribution in [-0.4, -0.2) is 43.5 Å². The van der Waals surface area contributed by atoms with Crippen LogP contribution in [0.4, 0.5) is 5.69 Å². The van der Waals surface area contributed by atoms with E-state index in [4.69, 9.17) is 4.74 Å².